The average molecular weight is 466 g/mol. The maximum Gasteiger partial charge on any atom is 0.341 e. The number of pyridine rings is 1. The predicted molar refractivity (Wildman–Crippen MR) is 116 cm³/mol. The van der Waals surface area contributed by atoms with Crippen LogP contribution in [0.3, 0.4) is 0 Å². The number of rotatable bonds is 6. The topological polar surface area (TPSA) is 128 Å². The van der Waals surface area contributed by atoms with Gasteiger partial charge in [-0.05, 0) is 13.0 Å². The Kier molecular flexibility index (Phi) is 7.50. The minimum Gasteiger partial charge on any atom is -0.462 e. The minimum atomic E-state index is -2.93. The molecule has 2 amide bonds. The molecule has 0 aliphatic heterocycles. The lowest BCUT2D eigenvalue weighted by Crippen LogP contribution is -2.31. The van der Waals surface area contributed by atoms with Crippen LogP contribution >= 0.6 is 0 Å². The summed E-state index contributed by atoms with van der Waals surface area (Å²) in [6, 6.07) is 1.24. The lowest BCUT2D eigenvalue weighted by atomic mass is 9.95. The van der Waals surface area contributed by atoms with Crippen molar-refractivity contribution in [3.05, 3.63) is 23.8 Å². The third kappa shape index (κ3) is 6.30. The van der Waals surface area contributed by atoms with E-state index in [1.807, 2.05) is 0 Å². The summed E-state index contributed by atoms with van der Waals surface area (Å²) < 4.78 is 32.1. The summed E-state index contributed by atoms with van der Waals surface area (Å²) in [5, 5.41) is 8.90. The zero-order valence-electron chi connectivity index (χ0n) is 19.6. The minimum absolute atomic E-state index is 0.0104. The molecule has 0 bridgehead atoms. The molecule has 180 valence electrons. The third-order valence-electron chi connectivity index (χ3n) is 4.28. The number of anilines is 2. The molecular formula is C21H28F2N6O4. The van der Waals surface area contributed by atoms with Gasteiger partial charge in [-0.15, -0.1) is 5.10 Å². The molecule has 0 saturated heterocycles. The van der Waals surface area contributed by atoms with Crippen LogP contribution in [0.25, 0.3) is 5.69 Å². The Morgan fingerprint density at radius 3 is 2.03 bits per heavy atom. The van der Waals surface area contributed by atoms with E-state index in [0.29, 0.717) is 0 Å². The number of alkyl halides is 2. The standard InChI is InChI=1S/C21H28F2N6O4/c1-8-33-17(30)11-9-12(29-10-24-16(28-29)13(22)23)15(27-19(32)21(5,6)7)25-14(11)26-18(31)20(2,3)4/h9-10,13H,8H2,1-7H3,(H2,25,26,27,31,32). The van der Waals surface area contributed by atoms with E-state index in [0.717, 1.165) is 11.0 Å². The Morgan fingerprint density at radius 1 is 1.03 bits per heavy atom. The van der Waals surface area contributed by atoms with Crippen LogP contribution in [0.1, 0.15) is 71.1 Å². The zero-order chi connectivity index (χ0) is 25.1. The molecule has 0 aliphatic carbocycles. The quantitative estimate of drug-likeness (QED) is 0.621. The second-order valence-electron chi connectivity index (χ2n) is 9.23. The van der Waals surface area contributed by atoms with Gasteiger partial charge in [0.15, 0.2) is 5.82 Å². The maximum atomic E-state index is 13.0. The third-order valence-corrected chi connectivity index (χ3v) is 4.28. The molecule has 10 nitrogen and oxygen atoms in total. The van der Waals surface area contributed by atoms with Crippen molar-refractivity contribution in [2.24, 2.45) is 10.8 Å². The van der Waals surface area contributed by atoms with Gasteiger partial charge in [-0.1, -0.05) is 41.5 Å². The number of amides is 2. The van der Waals surface area contributed by atoms with Crippen LogP contribution in [-0.2, 0) is 14.3 Å². The number of nitrogens with zero attached hydrogens (tertiary/aromatic N) is 4. The van der Waals surface area contributed by atoms with E-state index in [4.69, 9.17) is 4.74 Å². The van der Waals surface area contributed by atoms with E-state index in [1.54, 1.807) is 48.5 Å². The lowest BCUT2D eigenvalue weighted by Gasteiger charge is -2.22. The molecular weight excluding hydrogens is 438 g/mol. The highest BCUT2D eigenvalue weighted by Crippen LogP contribution is 2.29. The number of carbonyl (C=O) groups is 3. The Labute approximate surface area is 190 Å². The highest BCUT2D eigenvalue weighted by Gasteiger charge is 2.29. The van der Waals surface area contributed by atoms with Gasteiger partial charge < -0.3 is 15.4 Å². The van der Waals surface area contributed by atoms with Crippen LogP contribution < -0.4 is 10.6 Å². The molecule has 2 heterocycles. The molecule has 2 N–H and O–H groups in total. The maximum absolute atomic E-state index is 13.0. The first-order valence-electron chi connectivity index (χ1n) is 10.2. The Bertz CT molecular complexity index is 1050. The number of carbonyl (C=O) groups excluding carboxylic acids is 3. The average Bonchev–Trinajstić information content (AvgIpc) is 3.17. The largest absolute Gasteiger partial charge is 0.462 e. The summed E-state index contributed by atoms with van der Waals surface area (Å²) in [5.74, 6) is -2.71. The van der Waals surface area contributed by atoms with Crippen molar-refractivity contribution in [3.8, 4) is 5.69 Å². The summed E-state index contributed by atoms with van der Waals surface area (Å²) >= 11 is 0. The first-order chi connectivity index (χ1) is 15.1. The molecule has 33 heavy (non-hydrogen) atoms. The van der Waals surface area contributed by atoms with E-state index in [-0.39, 0.29) is 29.5 Å². The predicted octanol–water partition coefficient (Wildman–Crippen LogP) is 3.75. The molecule has 0 radical (unpaired) electrons. The van der Waals surface area contributed by atoms with Gasteiger partial charge in [-0.3, -0.25) is 9.59 Å². The van der Waals surface area contributed by atoms with Gasteiger partial charge in [0, 0.05) is 10.8 Å². The SMILES string of the molecule is CCOC(=O)c1cc(-n2cnc(C(F)F)n2)c(NC(=O)C(C)(C)C)nc1NC(=O)C(C)(C)C. The van der Waals surface area contributed by atoms with Gasteiger partial charge in [-0.25, -0.2) is 28.2 Å². The Morgan fingerprint density at radius 2 is 1.58 bits per heavy atom. The molecule has 2 aromatic rings. The van der Waals surface area contributed by atoms with Gasteiger partial charge in [0.05, 0.1) is 6.61 Å². The number of aromatic nitrogens is 4. The first-order valence-corrected chi connectivity index (χ1v) is 10.2. The molecule has 0 spiro atoms. The normalized spacial score (nSPS) is 11.9. The zero-order valence-corrected chi connectivity index (χ0v) is 19.6. The number of halogens is 2. The van der Waals surface area contributed by atoms with Crippen LogP contribution in [-0.4, -0.2) is 44.1 Å². The van der Waals surface area contributed by atoms with Crippen LogP contribution in [0.15, 0.2) is 12.4 Å². The van der Waals surface area contributed by atoms with Gasteiger partial charge in [0.2, 0.25) is 17.6 Å². The van der Waals surface area contributed by atoms with E-state index in [9.17, 15) is 23.2 Å². The van der Waals surface area contributed by atoms with Gasteiger partial charge in [0.25, 0.3) is 6.43 Å². The van der Waals surface area contributed by atoms with Crippen molar-refractivity contribution in [1.29, 1.82) is 0 Å². The molecule has 0 aliphatic rings. The molecule has 0 saturated carbocycles. The lowest BCUT2D eigenvalue weighted by molar-refractivity contribution is -0.123. The number of esters is 1. The second-order valence-corrected chi connectivity index (χ2v) is 9.23. The van der Waals surface area contributed by atoms with Gasteiger partial charge in [0.1, 0.15) is 23.4 Å². The number of hydrogen-bond acceptors (Lipinski definition) is 7. The summed E-state index contributed by atoms with van der Waals surface area (Å²) in [4.78, 5) is 45.7. The van der Waals surface area contributed by atoms with Crippen molar-refractivity contribution in [2.45, 2.75) is 54.9 Å². The van der Waals surface area contributed by atoms with Crippen LogP contribution in [0.2, 0.25) is 0 Å². The highest BCUT2D eigenvalue weighted by molar-refractivity contribution is 6.03. The van der Waals surface area contributed by atoms with Crippen LogP contribution in [0.5, 0.6) is 0 Å². The van der Waals surface area contributed by atoms with Gasteiger partial charge in [-0.2, -0.15) is 0 Å². The molecule has 0 aromatic carbocycles. The van der Waals surface area contributed by atoms with E-state index >= 15 is 0 Å². The Balaban J connectivity index is 2.73. The first kappa shape index (κ1) is 25.8. The fourth-order valence-electron chi connectivity index (χ4n) is 2.31. The molecule has 2 aromatic heterocycles. The molecule has 0 fully saturated rings. The summed E-state index contributed by atoms with van der Waals surface area (Å²) in [6.07, 6.45) is -1.92. The highest BCUT2D eigenvalue weighted by atomic mass is 19.3. The Hall–Kier alpha value is -3.44. The van der Waals surface area contributed by atoms with Crippen molar-refractivity contribution < 1.29 is 27.9 Å². The van der Waals surface area contributed by atoms with Crippen LogP contribution in [0.4, 0.5) is 20.4 Å². The molecule has 0 unspecified atom stereocenters. The second kappa shape index (κ2) is 9.59. The van der Waals surface area contributed by atoms with Crippen LogP contribution in [0, 0.1) is 10.8 Å². The van der Waals surface area contributed by atoms with E-state index < -0.39 is 40.9 Å². The summed E-state index contributed by atoms with van der Waals surface area (Å²) in [5.41, 5.74) is -1.81. The summed E-state index contributed by atoms with van der Waals surface area (Å²) in [6.45, 7) is 11.7. The molecule has 2 rings (SSSR count). The monoisotopic (exact) mass is 466 g/mol. The van der Waals surface area contributed by atoms with Crippen molar-refractivity contribution >= 4 is 29.4 Å². The number of nitrogens with one attached hydrogen (secondary N) is 2. The van der Waals surface area contributed by atoms with Gasteiger partial charge >= 0.3 is 5.97 Å². The molecule has 12 heteroatoms. The van der Waals surface area contributed by atoms with Crippen molar-refractivity contribution in [3.63, 3.8) is 0 Å². The fourth-order valence-corrected chi connectivity index (χ4v) is 2.31. The van der Waals surface area contributed by atoms with E-state index in [1.165, 1.54) is 6.07 Å². The van der Waals surface area contributed by atoms with Crippen molar-refractivity contribution in [2.75, 3.05) is 17.2 Å². The smallest absolute Gasteiger partial charge is 0.341 e. The number of ether oxygens (including phenoxy) is 1. The summed E-state index contributed by atoms with van der Waals surface area (Å²) in [7, 11) is 0. The number of hydrogen-bond donors (Lipinski definition) is 2. The molecule has 0 atom stereocenters. The van der Waals surface area contributed by atoms with E-state index in [2.05, 4.69) is 25.7 Å². The van der Waals surface area contributed by atoms with Crippen molar-refractivity contribution in [1.82, 2.24) is 19.7 Å². The fraction of sp³-hybridized carbons (Fsp3) is 0.524.